The first-order valence-electron chi connectivity index (χ1n) is 8.99. The lowest BCUT2D eigenvalue weighted by Gasteiger charge is -2.14. The third-order valence-electron chi connectivity index (χ3n) is 3.71. The van der Waals surface area contributed by atoms with Crippen molar-refractivity contribution < 1.29 is 17.9 Å². The number of aryl methyl sites for hydroxylation is 2. The summed E-state index contributed by atoms with van der Waals surface area (Å²) in [5.41, 5.74) is 2.45. The van der Waals surface area contributed by atoms with Crippen molar-refractivity contribution in [2.45, 2.75) is 39.9 Å². The molecule has 5 nitrogen and oxygen atoms in total. The minimum atomic E-state index is -4.38. The molecule has 0 aliphatic heterocycles. The second-order valence-electron chi connectivity index (χ2n) is 6.24. The minimum absolute atomic E-state index is 0.204. The van der Waals surface area contributed by atoms with Crippen molar-refractivity contribution in [1.82, 2.24) is 15.6 Å². The third kappa shape index (κ3) is 7.75. The molecular formula is C19H25F3N4OS. The molecular weight excluding hydrogens is 389 g/mol. The van der Waals surface area contributed by atoms with Crippen LogP contribution in [0, 0.1) is 13.8 Å². The Hall–Kier alpha value is -2.29. The minimum Gasteiger partial charge on any atom is -0.484 e. The smallest absolute Gasteiger partial charge is 0.422 e. The van der Waals surface area contributed by atoms with Gasteiger partial charge in [-0.05, 0) is 32.4 Å². The quantitative estimate of drug-likeness (QED) is 0.506. The number of nitrogens with one attached hydrogen (secondary N) is 2. The van der Waals surface area contributed by atoms with Crippen LogP contribution in [0.15, 0.2) is 28.6 Å². The van der Waals surface area contributed by atoms with Crippen LogP contribution in [0.5, 0.6) is 5.75 Å². The van der Waals surface area contributed by atoms with Gasteiger partial charge in [0.15, 0.2) is 12.6 Å². The molecule has 0 saturated carbocycles. The average molecular weight is 414 g/mol. The fraction of sp³-hybridized carbons (Fsp3) is 0.474. The fourth-order valence-corrected chi connectivity index (χ4v) is 3.07. The zero-order chi connectivity index (χ0) is 20.6. The second-order valence-corrected chi connectivity index (χ2v) is 7.31. The van der Waals surface area contributed by atoms with Crippen molar-refractivity contribution in [2.75, 3.05) is 19.7 Å². The lowest BCUT2D eigenvalue weighted by atomic mass is 10.1. The molecule has 0 bridgehead atoms. The van der Waals surface area contributed by atoms with Crippen LogP contribution in [0.3, 0.4) is 0 Å². The van der Waals surface area contributed by atoms with Gasteiger partial charge >= 0.3 is 6.18 Å². The van der Waals surface area contributed by atoms with Gasteiger partial charge in [0.1, 0.15) is 5.75 Å². The molecule has 0 aliphatic carbocycles. The molecule has 1 aromatic heterocycles. The van der Waals surface area contributed by atoms with Crippen molar-refractivity contribution in [3.8, 4) is 5.75 Å². The number of aromatic nitrogens is 1. The summed E-state index contributed by atoms with van der Waals surface area (Å²) >= 11 is 1.61. The first-order valence-corrected chi connectivity index (χ1v) is 9.87. The number of nitrogens with zero attached hydrogens (tertiary/aromatic N) is 2. The number of thiazole rings is 1. The lowest BCUT2D eigenvalue weighted by Crippen LogP contribution is -2.38. The number of guanidine groups is 1. The molecule has 0 atom stereocenters. The molecule has 0 fully saturated rings. The Kier molecular flexibility index (Phi) is 8.10. The maximum Gasteiger partial charge on any atom is 0.422 e. The maximum atomic E-state index is 12.5. The molecule has 154 valence electrons. The van der Waals surface area contributed by atoms with Crippen LogP contribution in [0.4, 0.5) is 13.2 Å². The average Bonchev–Trinajstić information content (AvgIpc) is 3.03. The van der Waals surface area contributed by atoms with E-state index in [9.17, 15) is 13.2 Å². The van der Waals surface area contributed by atoms with Crippen molar-refractivity contribution in [3.63, 3.8) is 0 Å². The van der Waals surface area contributed by atoms with E-state index in [1.807, 2.05) is 25.3 Å². The van der Waals surface area contributed by atoms with E-state index in [-0.39, 0.29) is 12.3 Å². The van der Waals surface area contributed by atoms with Gasteiger partial charge in [-0.3, -0.25) is 0 Å². The molecule has 2 aromatic rings. The summed E-state index contributed by atoms with van der Waals surface area (Å²) in [6, 6.07) is 5.17. The van der Waals surface area contributed by atoms with Crippen LogP contribution < -0.4 is 15.4 Å². The number of rotatable bonds is 8. The van der Waals surface area contributed by atoms with Gasteiger partial charge in [-0.25, -0.2) is 9.98 Å². The van der Waals surface area contributed by atoms with Gasteiger partial charge in [-0.2, -0.15) is 13.2 Å². The van der Waals surface area contributed by atoms with Gasteiger partial charge in [-0.1, -0.05) is 12.1 Å². The first kappa shape index (κ1) is 22.0. The Balaban J connectivity index is 2.00. The molecule has 0 radical (unpaired) electrons. The number of alkyl halides is 3. The van der Waals surface area contributed by atoms with Crippen LogP contribution in [0.2, 0.25) is 0 Å². The summed E-state index contributed by atoms with van der Waals surface area (Å²) in [4.78, 5) is 8.89. The predicted molar refractivity (Wildman–Crippen MR) is 106 cm³/mol. The Bertz CT molecular complexity index is 790. The van der Waals surface area contributed by atoms with Crippen LogP contribution in [0.25, 0.3) is 0 Å². The van der Waals surface area contributed by atoms with Crippen LogP contribution in [0.1, 0.15) is 28.8 Å². The summed E-state index contributed by atoms with van der Waals surface area (Å²) in [6.45, 7) is 5.93. The van der Waals surface area contributed by atoms with Crippen molar-refractivity contribution in [3.05, 3.63) is 45.4 Å². The van der Waals surface area contributed by atoms with Crippen LogP contribution in [-0.4, -0.2) is 36.8 Å². The first-order chi connectivity index (χ1) is 13.3. The Morgan fingerprint density at radius 3 is 2.68 bits per heavy atom. The molecule has 9 heteroatoms. The van der Waals surface area contributed by atoms with Crippen LogP contribution in [-0.2, 0) is 13.0 Å². The molecule has 0 unspecified atom stereocenters. The number of halogens is 3. The monoisotopic (exact) mass is 414 g/mol. The van der Waals surface area contributed by atoms with Gasteiger partial charge in [0.05, 0.1) is 17.2 Å². The van der Waals surface area contributed by atoms with Gasteiger partial charge in [-0.15, -0.1) is 11.3 Å². The largest absolute Gasteiger partial charge is 0.484 e. The molecule has 1 aromatic carbocycles. The topological polar surface area (TPSA) is 58.5 Å². The Morgan fingerprint density at radius 1 is 1.25 bits per heavy atom. The van der Waals surface area contributed by atoms with E-state index in [1.54, 1.807) is 30.4 Å². The molecule has 0 amide bonds. The number of ether oxygens (including phenoxy) is 1. The van der Waals surface area contributed by atoms with E-state index in [0.717, 1.165) is 22.7 Å². The van der Waals surface area contributed by atoms with Gasteiger partial charge in [0.2, 0.25) is 0 Å². The lowest BCUT2D eigenvalue weighted by molar-refractivity contribution is -0.153. The summed E-state index contributed by atoms with van der Waals surface area (Å²) in [5, 5.41) is 9.40. The maximum absolute atomic E-state index is 12.5. The van der Waals surface area contributed by atoms with Crippen molar-refractivity contribution >= 4 is 17.3 Å². The fourth-order valence-electron chi connectivity index (χ4n) is 2.42. The van der Waals surface area contributed by atoms with E-state index in [1.165, 1.54) is 0 Å². The Morgan fingerprint density at radius 2 is 2.04 bits per heavy atom. The van der Waals surface area contributed by atoms with E-state index in [2.05, 4.69) is 20.6 Å². The van der Waals surface area contributed by atoms with Crippen molar-refractivity contribution in [2.24, 2.45) is 4.99 Å². The molecule has 1 heterocycles. The summed E-state index contributed by atoms with van der Waals surface area (Å²) in [5.74, 6) is 0.798. The van der Waals surface area contributed by atoms with Crippen LogP contribution >= 0.6 is 11.3 Å². The zero-order valence-corrected chi connectivity index (χ0v) is 17.0. The highest BCUT2D eigenvalue weighted by atomic mass is 32.1. The SMILES string of the molecule is CCNC(=NCc1ccc(C)cc1OCC(F)(F)F)NCCc1csc(C)n1. The number of hydrogen-bond donors (Lipinski definition) is 2. The number of benzene rings is 1. The molecule has 0 spiro atoms. The zero-order valence-electron chi connectivity index (χ0n) is 16.2. The normalized spacial score (nSPS) is 12.1. The van der Waals surface area contributed by atoms with E-state index >= 15 is 0 Å². The Labute approximate surface area is 167 Å². The highest BCUT2D eigenvalue weighted by Gasteiger charge is 2.28. The van der Waals surface area contributed by atoms with Gasteiger partial charge in [0, 0.05) is 30.5 Å². The molecule has 0 aliphatic rings. The van der Waals surface area contributed by atoms with Gasteiger partial charge in [0.25, 0.3) is 0 Å². The second kappa shape index (κ2) is 10.3. The number of hydrogen-bond acceptors (Lipinski definition) is 4. The van der Waals surface area contributed by atoms with Gasteiger partial charge < -0.3 is 15.4 Å². The summed E-state index contributed by atoms with van der Waals surface area (Å²) in [7, 11) is 0. The number of aliphatic imine (C=N–C) groups is 1. The molecule has 0 saturated heterocycles. The van der Waals surface area contributed by atoms with E-state index in [4.69, 9.17) is 4.74 Å². The third-order valence-corrected chi connectivity index (χ3v) is 4.53. The predicted octanol–water partition coefficient (Wildman–Crippen LogP) is 4.00. The summed E-state index contributed by atoms with van der Waals surface area (Å²) in [6.07, 6.45) is -3.62. The van der Waals surface area contributed by atoms with Crippen molar-refractivity contribution in [1.29, 1.82) is 0 Å². The molecule has 28 heavy (non-hydrogen) atoms. The molecule has 2 N–H and O–H groups in total. The standard InChI is InChI=1S/C19H25F3N4OS/c1-4-23-18(24-8-7-16-11-28-14(3)26-16)25-10-15-6-5-13(2)9-17(15)27-12-19(20,21)22/h5-6,9,11H,4,7-8,10,12H2,1-3H3,(H2,23,24,25). The highest BCUT2D eigenvalue weighted by Crippen LogP contribution is 2.24. The molecule has 2 rings (SSSR count). The van der Waals surface area contributed by atoms with E-state index in [0.29, 0.717) is 24.6 Å². The van der Waals surface area contributed by atoms with E-state index < -0.39 is 12.8 Å². The highest BCUT2D eigenvalue weighted by molar-refractivity contribution is 7.09. The summed E-state index contributed by atoms with van der Waals surface area (Å²) < 4.78 is 42.4.